The number of methoxy groups -OCH3 is 4. The molecule has 7 heteroatoms. The first-order chi connectivity index (χ1) is 12.6. The molecule has 1 aromatic heterocycles. The Morgan fingerprint density at radius 1 is 0.769 bits per heavy atom. The number of phenolic OH excluding ortho intramolecular Hbond substituents is 1. The van der Waals surface area contributed by atoms with E-state index < -0.39 is 0 Å². The number of aromatic hydroxyl groups is 1. The summed E-state index contributed by atoms with van der Waals surface area (Å²) in [6, 6.07) is 8.54. The summed E-state index contributed by atoms with van der Waals surface area (Å²) < 4.78 is 26.7. The minimum Gasteiger partial charge on any atom is -0.504 e. The zero-order valence-electron chi connectivity index (χ0n) is 14.9. The lowest BCUT2D eigenvalue weighted by Gasteiger charge is -2.13. The van der Waals surface area contributed by atoms with Gasteiger partial charge in [0.25, 0.3) is 0 Å². The van der Waals surface area contributed by atoms with Crippen LogP contribution in [0, 0.1) is 0 Å². The van der Waals surface area contributed by atoms with Gasteiger partial charge < -0.3 is 28.6 Å². The first-order valence-corrected chi connectivity index (χ1v) is 7.75. The van der Waals surface area contributed by atoms with Gasteiger partial charge in [0.05, 0.1) is 40.2 Å². The lowest BCUT2D eigenvalue weighted by atomic mass is 10.0. The second-order valence-electron chi connectivity index (χ2n) is 5.36. The van der Waals surface area contributed by atoms with Crippen LogP contribution in [0.3, 0.4) is 0 Å². The fourth-order valence-corrected chi connectivity index (χ4v) is 2.70. The fourth-order valence-electron chi connectivity index (χ4n) is 2.70. The van der Waals surface area contributed by atoms with Gasteiger partial charge >= 0.3 is 0 Å². The van der Waals surface area contributed by atoms with Gasteiger partial charge in [-0.05, 0) is 23.8 Å². The highest BCUT2D eigenvalue weighted by Crippen LogP contribution is 2.44. The normalized spacial score (nSPS) is 10.5. The fraction of sp³-hybridized carbons (Fsp3) is 0.211. The van der Waals surface area contributed by atoms with E-state index in [0.717, 1.165) is 5.56 Å². The molecule has 2 aromatic carbocycles. The van der Waals surface area contributed by atoms with Crippen LogP contribution in [0.25, 0.3) is 22.5 Å². The van der Waals surface area contributed by atoms with Crippen molar-refractivity contribution >= 4 is 0 Å². The van der Waals surface area contributed by atoms with Crippen LogP contribution in [0.4, 0.5) is 0 Å². The molecule has 3 rings (SSSR count). The Kier molecular flexibility index (Phi) is 4.88. The van der Waals surface area contributed by atoms with Crippen molar-refractivity contribution < 1.29 is 28.6 Å². The molecule has 0 aliphatic heterocycles. The van der Waals surface area contributed by atoms with Gasteiger partial charge in [-0.25, -0.2) is 0 Å². The summed E-state index contributed by atoms with van der Waals surface area (Å²) >= 11 is 0. The number of phenols is 1. The standard InChI is InChI=1S/C19H19NO6/c1-22-15-6-5-11(7-14(15)21)13-10-20-26-19(13)12-8-17(24-3)18(25-4)9-16(12)23-2/h5-10,21H,1-4H3. The second-order valence-corrected chi connectivity index (χ2v) is 5.36. The summed E-state index contributed by atoms with van der Waals surface area (Å²) in [5.41, 5.74) is 2.05. The third-order valence-electron chi connectivity index (χ3n) is 4.01. The summed E-state index contributed by atoms with van der Waals surface area (Å²) in [6.45, 7) is 0. The molecule has 1 heterocycles. The largest absolute Gasteiger partial charge is 0.504 e. The summed E-state index contributed by atoms with van der Waals surface area (Å²) in [6.07, 6.45) is 1.58. The number of nitrogens with zero attached hydrogens (tertiary/aromatic N) is 1. The van der Waals surface area contributed by atoms with E-state index >= 15 is 0 Å². The predicted octanol–water partition coefficient (Wildman–Crippen LogP) is 3.75. The van der Waals surface area contributed by atoms with Crippen molar-refractivity contribution in [1.29, 1.82) is 0 Å². The van der Waals surface area contributed by atoms with Gasteiger partial charge in [-0.3, -0.25) is 0 Å². The molecule has 0 aliphatic rings. The van der Waals surface area contributed by atoms with Crippen LogP contribution in [0.2, 0.25) is 0 Å². The van der Waals surface area contributed by atoms with Crippen LogP contribution in [-0.4, -0.2) is 38.7 Å². The van der Waals surface area contributed by atoms with Gasteiger partial charge in [-0.1, -0.05) is 11.2 Å². The molecule has 0 bridgehead atoms. The van der Waals surface area contributed by atoms with Crippen LogP contribution in [-0.2, 0) is 0 Å². The van der Waals surface area contributed by atoms with E-state index in [1.54, 1.807) is 51.8 Å². The molecule has 0 fully saturated rings. The van der Waals surface area contributed by atoms with Crippen molar-refractivity contribution in [2.24, 2.45) is 0 Å². The van der Waals surface area contributed by atoms with E-state index in [1.807, 2.05) is 6.07 Å². The molecule has 3 aromatic rings. The first-order valence-electron chi connectivity index (χ1n) is 7.75. The van der Waals surface area contributed by atoms with Crippen LogP contribution in [0.15, 0.2) is 41.1 Å². The van der Waals surface area contributed by atoms with Gasteiger partial charge in [0.15, 0.2) is 28.8 Å². The Morgan fingerprint density at radius 3 is 2.04 bits per heavy atom. The summed E-state index contributed by atoms with van der Waals surface area (Å²) in [4.78, 5) is 0. The average molecular weight is 357 g/mol. The maximum atomic E-state index is 10.1. The molecule has 1 N–H and O–H groups in total. The van der Waals surface area contributed by atoms with Crippen LogP contribution in [0.1, 0.15) is 0 Å². The Balaban J connectivity index is 2.15. The van der Waals surface area contributed by atoms with Crippen molar-refractivity contribution in [3.05, 3.63) is 36.5 Å². The van der Waals surface area contributed by atoms with E-state index in [2.05, 4.69) is 5.16 Å². The van der Waals surface area contributed by atoms with Gasteiger partial charge in [-0.2, -0.15) is 0 Å². The van der Waals surface area contributed by atoms with E-state index in [9.17, 15) is 5.11 Å². The highest BCUT2D eigenvalue weighted by atomic mass is 16.5. The Bertz CT molecular complexity index is 918. The van der Waals surface area contributed by atoms with Crippen molar-refractivity contribution in [3.8, 4) is 51.2 Å². The van der Waals surface area contributed by atoms with E-state index in [0.29, 0.717) is 39.9 Å². The first kappa shape index (κ1) is 17.5. The minimum absolute atomic E-state index is 0.0245. The summed E-state index contributed by atoms with van der Waals surface area (Å²) in [7, 11) is 6.15. The number of ether oxygens (including phenoxy) is 4. The Hall–Kier alpha value is -3.35. The van der Waals surface area contributed by atoms with Gasteiger partial charge in [0.1, 0.15) is 5.75 Å². The molecule has 136 valence electrons. The summed E-state index contributed by atoms with van der Waals surface area (Å²) in [5, 5.41) is 14.0. The minimum atomic E-state index is 0.0245. The molecule has 7 nitrogen and oxygen atoms in total. The number of aromatic nitrogens is 1. The SMILES string of the molecule is COc1ccc(-c2cnoc2-c2cc(OC)c(OC)cc2OC)cc1O. The van der Waals surface area contributed by atoms with E-state index in [4.69, 9.17) is 23.5 Å². The van der Waals surface area contributed by atoms with Crippen molar-refractivity contribution in [2.75, 3.05) is 28.4 Å². The molecule has 0 atom stereocenters. The van der Waals surface area contributed by atoms with Crippen LogP contribution < -0.4 is 18.9 Å². The molecular formula is C19H19NO6. The highest BCUT2D eigenvalue weighted by molar-refractivity contribution is 5.84. The highest BCUT2D eigenvalue weighted by Gasteiger charge is 2.21. The van der Waals surface area contributed by atoms with Crippen LogP contribution >= 0.6 is 0 Å². The molecule has 26 heavy (non-hydrogen) atoms. The van der Waals surface area contributed by atoms with Crippen LogP contribution in [0.5, 0.6) is 28.7 Å². The number of hydrogen-bond acceptors (Lipinski definition) is 7. The number of hydrogen-bond donors (Lipinski definition) is 1. The lowest BCUT2D eigenvalue weighted by molar-refractivity contribution is 0.348. The maximum Gasteiger partial charge on any atom is 0.178 e. The molecule has 0 spiro atoms. The number of benzene rings is 2. The monoisotopic (exact) mass is 357 g/mol. The third kappa shape index (κ3) is 2.99. The van der Waals surface area contributed by atoms with Gasteiger partial charge in [0, 0.05) is 11.6 Å². The van der Waals surface area contributed by atoms with Crippen molar-refractivity contribution in [1.82, 2.24) is 5.16 Å². The smallest absolute Gasteiger partial charge is 0.178 e. The molecular weight excluding hydrogens is 338 g/mol. The Morgan fingerprint density at radius 2 is 1.42 bits per heavy atom. The maximum absolute atomic E-state index is 10.1. The summed E-state index contributed by atoms with van der Waals surface area (Å²) in [5.74, 6) is 2.50. The molecule has 0 amide bonds. The van der Waals surface area contributed by atoms with Gasteiger partial charge in [-0.15, -0.1) is 0 Å². The second kappa shape index (κ2) is 7.26. The molecule has 0 saturated carbocycles. The van der Waals surface area contributed by atoms with E-state index in [1.165, 1.54) is 7.11 Å². The van der Waals surface area contributed by atoms with E-state index in [-0.39, 0.29) is 5.75 Å². The topological polar surface area (TPSA) is 83.2 Å². The molecule has 0 radical (unpaired) electrons. The van der Waals surface area contributed by atoms with Gasteiger partial charge in [0.2, 0.25) is 0 Å². The molecule has 0 aliphatic carbocycles. The zero-order valence-corrected chi connectivity index (χ0v) is 14.9. The molecule has 0 saturated heterocycles. The number of rotatable bonds is 6. The molecule has 0 unspecified atom stereocenters. The average Bonchev–Trinajstić information content (AvgIpc) is 3.16. The zero-order chi connectivity index (χ0) is 18.7. The Labute approximate surface area is 150 Å². The lowest BCUT2D eigenvalue weighted by Crippen LogP contribution is -1.95. The third-order valence-corrected chi connectivity index (χ3v) is 4.01. The van der Waals surface area contributed by atoms with Crippen molar-refractivity contribution in [3.63, 3.8) is 0 Å². The predicted molar refractivity (Wildman–Crippen MR) is 95.2 cm³/mol. The van der Waals surface area contributed by atoms with Crippen molar-refractivity contribution in [2.45, 2.75) is 0 Å². The quantitative estimate of drug-likeness (QED) is 0.719.